The number of nitrogens with zero attached hydrogens (tertiary/aromatic N) is 2. The van der Waals surface area contributed by atoms with Crippen LogP contribution < -0.4 is 5.32 Å². The van der Waals surface area contributed by atoms with Gasteiger partial charge in [-0.2, -0.15) is 4.98 Å². The van der Waals surface area contributed by atoms with Crippen molar-refractivity contribution >= 4 is 22.8 Å². The molecule has 2 heterocycles. The largest absolute Gasteiger partial charge is 0.434 e. The predicted molar refractivity (Wildman–Crippen MR) is 101 cm³/mol. The number of carbonyl (C=O) groups is 1. The third-order valence-electron chi connectivity index (χ3n) is 4.16. The van der Waals surface area contributed by atoms with Gasteiger partial charge in [-0.1, -0.05) is 23.8 Å². The third-order valence-corrected chi connectivity index (χ3v) is 4.16. The molecule has 0 spiro atoms. The maximum absolute atomic E-state index is 12.6. The highest BCUT2D eigenvalue weighted by atomic mass is 16.3. The lowest BCUT2D eigenvalue weighted by atomic mass is 10.1. The first-order chi connectivity index (χ1) is 12.6. The number of amides is 1. The van der Waals surface area contributed by atoms with Crippen molar-refractivity contribution in [3.8, 4) is 11.5 Å². The average molecular weight is 343 g/mol. The Hall–Kier alpha value is -3.47. The lowest BCUT2D eigenvalue weighted by Crippen LogP contribution is -2.13. The predicted octanol–water partition coefficient (Wildman–Crippen LogP) is 4.76. The normalized spacial score (nSPS) is 10.8. The van der Waals surface area contributed by atoms with E-state index in [0.717, 1.165) is 16.7 Å². The molecule has 128 valence electrons. The smallest absolute Gasteiger partial charge is 0.255 e. The van der Waals surface area contributed by atoms with Gasteiger partial charge in [-0.3, -0.25) is 4.79 Å². The van der Waals surface area contributed by atoms with Gasteiger partial charge in [-0.05, 0) is 55.8 Å². The van der Waals surface area contributed by atoms with E-state index >= 15 is 0 Å². The molecule has 4 rings (SSSR count). The number of nitrogens with one attached hydrogen (secondary N) is 1. The van der Waals surface area contributed by atoms with Crippen LogP contribution in [0.5, 0.6) is 0 Å². The van der Waals surface area contributed by atoms with E-state index in [4.69, 9.17) is 4.42 Å². The number of aromatic nitrogens is 2. The summed E-state index contributed by atoms with van der Waals surface area (Å²) in [5.74, 6) is 0.334. The second-order valence-corrected chi connectivity index (χ2v) is 6.20. The van der Waals surface area contributed by atoms with E-state index in [-0.39, 0.29) is 5.91 Å². The number of pyridine rings is 1. The number of hydrogen-bond acceptors (Lipinski definition) is 4. The van der Waals surface area contributed by atoms with Crippen molar-refractivity contribution < 1.29 is 9.21 Å². The Kier molecular flexibility index (Phi) is 3.97. The number of oxazole rings is 1. The van der Waals surface area contributed by atoms with E-state index in [1.807, 2.05) is 62.4 Å². The molecule has 0 atom stereocenters. The SMILES string of the molecule is Cc1ccc(C(=O)Nc2cccc(-c3nc4ncccc4o3)c2)c(C)c1. The standard InChI is InChI=1S/C21H17N3O2/c1-13-8-9-17(14(2)11-13)20(25)23-16-6-3-5-15(12-16)21-24-19-18(26-21)7-4-10-22-19/h3-12H,1-2H3,(H,23,25). The van der Waals surface area contributed by atoms with Gasteiger partial charge < -0.3 is 9.73 Å². The Bertz CT molecular complexity index is 1080. The van der Waals surface area contributed by atoms with E-state index in [0.29, 0.717) is 28.4 Å². The molecule has 5 nitrogen and oxygen atoms in total. The molecule has 2 aromatic carbocycles. The Balaban J connectivity index is 1.62. The van der Waals surface area contributed by atoms with Crippen molar-refractivity contribution in [1.29, 1.82) is 0 Å². The van der Waals surface area contributed by atoms with E-state index in [9.17, 15) is 4.79 Å². The summed E-state index contributed by atoms with van der Waals surface area (Å²) in [5, 5.41) is 2.94. The maximum atomic E-state index is 12.6. The molecule has 4 aromatic rings. The Morgan fingerprint density at radius 1 is 1.04 bits per heavy atom. The monoisotopic (exact) mass is 343 g/mol. The first-order valence-corrected chi connectivity index (χ1v) is 8.31. The van der Waals surface area contributed by atoms with Gasteiger partial charge in [-0.25, -0.2) is 4.98 Å². The van der Waals surface area contributed by atoms with Gasteiger partial charge >= 0.3 is 0 Å². The average Bonchev–Trinajstić information content (AvgIpc) is 3.06. The summed E-state index contributed by atoms with van der Waals surface area (Å²) in [6, 6.07) is 16.8. The molecule has 0 unspecified atom stereocenters. The first-order valence-electron chi connectivity index (χ1n) is 8.31. The number of hydrogen-bond donors (Lipinski definition) is 1. The fourth-order valence-corrected chi connectivity index (χ4v) is 2.89. The molecule has 0 fully saturated rings. The molecule has 1 N–H and O–H groups in total. The van der Waals surface area contributed by atoms with Gasteiger partial charge in [0, 0.05) is 23.0 Å². The van der Waals surface area contributed by atoms with Gasteiger partial charge in [0.05, 0.1) is 0 Å². The third kappa shape index (κ3) is 3.07. The molecular formula is C21H17N3O2. The lowest BCUT2D eigenvalue weighted by Gasteiger charge is -2.09. The van der Waals surface area contributed by atoms with E-state index in [1.165, 1.54) is 0 Å². The van der Waals surface area contributed by atoms with Crippen LogP contribution in [0.3, 0.4) is 0 Å². The molecule has 0 saturated carbocycles. The summed E-state index contributed by atoms with van der Waals surface area (Å²) < 4.78 is 5.74. The second-order valence-electron chi connectivity index (χ2n) is 6.20. The lowest BCUT2D eigenvalue weighted by molar-refractivity contribution is 0.102. The Labute approximate surface area is 150 Å². The van der Waals surface area contributed by atoms with Gasteiger partial charge in [0.25, 0.3) is 5.91 Å². The zero-order valence-corrected chi connectivity index (χ0v) is 14.5. The van der Waals surface area contributed by atoms with Crippen molar-refractivity contribution in [3.05, 3.63) is 77.5 Å². The highest BCUT2D eigenvalue weighted by Crippen LogP contribution is 2.25. The van der Waals surface area contributed by atoms with Crippen LogP contribution in [0.2, 0.25) is 0 Å². The molecule has 0 bridgehead atoms. The van der Waals surface area contributed by atoms with E-state index in [2.05, 4.69) is 15.3 Å². The molecule has 2 aromatic heterocycles. The summed E-state index contributed by atoms with van der Waals surface area (Å²) in [6.07, 6.45) is 1.68. The Morgan fingerprint density at radius 3 is 2.73 bits per heavy atom. The van der Waals surface area contributed by atoms with Crippen molar-refractivity contribution in [2.24, 2.45) is 0 Å². The zero-order chi connectivity index (χ0) is 18.1. The van der Waals surface area contributed by atoms with Crippen LogP contribution in [0.15, 0.2) is 65.2 Å². The second kappa shape index (κ2) is 6.44. The molecular weight excluding hydrogens is 326 g/mol. The molecule has 0 radical (unpaired) electrons. The van der Waals surface area contributed by atoms with Crippen LogP contribution >= 0.6 is 0 Å². The molecule has 1 amide bonds. The summed E-state index contributed by atoms with van der Waals surface area (Å²) in [6.45, 7) is 3.94. The van der Waals surface area contributed by atoms with E-state index in [1.54, 1.807) is 12.3 Å². The quantitative estimate of drug-likeness (QED) is 0.582. The topological polar surface area (TPSA) is 68.0 Å². The van der Waals surface area contributed by atoms with E-state index < -0.39 is 0 Å². The van der Waals surface area contributed by atoms with Crippen LogP contribution in [0.25, 0.3) is 22.7 Å². The fourth-order valence-electron chi connectivity index (χ4n) is 2.89. The summed E-state index contributed by atoms with van der Waals surface area (Å²) >= 11 is 0. The van der Waals surface area contributed by atoms with Crippen molar-refractivity contribution in [1.82, 2.24) is 9.97 Å². The van der Waals surface area contributed by atoms with Gasteiger partial charge in [0.2, 0.25) is 5.89 Å². The molecule has 5 heteroatoms. The number of rotatable bonds is 3. The maximum Gasteiger partial charge on any atom is 0.255 e. The minimum atomic E-state index is -0.140. The zero-order valence-electron chi connectivity index (χ0n) is 14.5. The van der Waals surface area contributed by atoms with Gasteiger partial charge in [0.1, 0.15) is 0 Å². The number of benzene rings is 2. The summed E-state index contributed by atoms with van der Waals surface area (Å²) in [4.78, 5) is 21.1. The minimum absolute atomic E-state index is 0.140. The van der Waals surface area contributed by atoms with Crippen molar-refractivity contribution in [2.45, 2.75) is 13.8 Å². The van der Waals surface area contributed by atoms with Gasteiger partial charge in [-0.15, -0.1) is 0 Å². The molecule has 0 aliphatic carbocycles. The highest BCUT2D eigenvalue weighted by molar-refractivity contribution is 6.05. The van der Waals surface area contributed by atoms with Crippen molar-refractivity contribution in [2.75, 3.05) is 5.32 Å². The fraction of sp³-hybridized carbons (Fsp3) is 0.0952. The summed E-state index contributed by atoms with van der Waals surface area (Å²) in [7, 11) is 0. The minimum Gasteiger partial charge on any atom is -0.434 e. The number of fused-ring (bicyclic) bond motifs is 1. The molecule has 0 saturated heterocycles. The number of carbonyl (C=O) groups excluding carboxylic acids is 1. The summed E-state index contributed by atoms with van der Waals surface area (Å²) in [5.41, 5.74) is 5.39. The first kappa shape index (κ1) is 16.0. The van der Waals surface area contributed by atoms with Crippen LogP contribution in [0, 0.1) is 13.8 Å². The van der Waals surface area contributed by atoms with Crippen LogP contribution in [-0.4, -0.2) is 15.9 Å². The Morgan fingerprint density at radius 2 is 1.92 bits per heavy atom. The number of anilines is 1. The van der Waals surface area contributed by atoms with Crippen LogP contribution in [0.1, 0.15) is 21.5 Å². The van der Waals surface area contributed by atoms with Crippen LogP contribution in [0.4, 0.5) is 5.69 Å². The number of aryl methyl sites for hydroxylation is 2. The van der Waals surface area contributed by atoms with Crippen molar-refractivity contribution in [3.63, 3.8) is 0 Å². The molecule has 26 heavy (non-hydrogen) atoms. The molecule has 0 aliphatic heterocycles. The molecule has 0 aliphatic rings. The van der Waals surface area contributed by atoms with Gasteiger partial charge in [0.15, 0.2) is 11.2 Å². The van der Waals surface area contributed by atoms with Crippen LogP contribution in [-0.2, 0) is 0 Å². The highest BCUT2D eigenvalue weighted by Gasteiger charge is 2.12.